The van der Waals surface area contributed by atoms with E-state index < -0.39 is 0 Å². The smallest absolute Gasteiger partial charge is 0.0991 e. The number of hydrogen-bond acceptors (Lipinski definition) is 3. The lowest BCUT2D eigenvalue weighted by Gasteiger charge is -2.45. The van der Waals surface area contributed by atoms with Crippen LogP contribution in [0, 0.1) is 23.7 Å². The zero-order chi connectivity index (χ0) is 14.7. The maximum atomic E-state index is 8.97. The van der Waals surface area contributed by atoms with E-state index >= 15 is 0 Å². The number of nitriles is 1. The summed E-state index contributed by atoms with van der Waals surface area (Å²) >= 11 is 0. The SMILES string of the molecule is Cc1cc(C#N)ccc1CN1CCCC2(CCCNC2)C1. The minimum atomic E-state index is 0.511. The molecule has 3 nitrogen and oxygen atoms in total. The Morgan fingerprint density at radius 2 is 2.19 bits per heavy atom. The van der Waals surface area contributed by atoms with Gasteiger partial charge in [0.1, 0.15) is 0 Å². The fraction of sp³-hybridized carbons (Fsp3) is 0.611. The van der Waals surface area contributed by atoms with Crippen molar-refractivity contribution in [2.45, 2.75) is 39.2 Å². The van der Waals surface area contributed by atoms with E-state index in [2.05, 4.69) is 29.3 Å². The molecular formula is C18H25N3. The van der Waals surface area contributed by atoms with E-state index in [1.165, 1.54) is 63.0 Å². The summed E-state index contributed by atoms with van der Waals surface area (Å²) in [6.45, 7) is 7.96. The topological polar surface area (TPSA) is 39.1 Å². The van der Waals surface area contributed by atoms with Gasteiger partial charge >= 0.3 is 0 Å². The van der Waals surface area contributed by atoms with E-state index in [4.69, 9.17) is 5.26 Å². The lowest BCUT2D eigenvalue weighted by Crippen LogP contribution is -2.50. The summed E-state index contributed by atoms with van der Waals surface area (Å²) in [7, 11) is 0. The molecule has 2 heterocycles. The first-order valence-electron chi connectivity index (χ1n) is 8.14. The molecule has 1 N–H and O–H groups in total. The van der Waals surface area contributed by atoms with E-state index in [9.17, 15) is 0 Å². The van der Waals surface area contributed by atoms with Crippen LogP contribution in [0.3, 0.4) is 0 Å². The second-order valence-corrected chi connectivity index (χ2v) is 6.85. The van der Waals surface area contributed by atoms with E-state index in [1.54, 1.807) is 0 Å². The van der Waals surface area contributed by atoms with Gasteiger partial charge in [-0.15, -0.1) is 0 Å². The molecular weight excluding hydrogens is 258 g/mol. The van der Waals surface area contributed by atoms with Gasteiger partial charge < -0.3 is 5.32 Å². The van der Waals surface area contributed by atoms with Crippen molar-refractivity contribution in [3.63, 3.8) is 0 Å². The molecule has 0 aliphatic carbocycles. The predicted molar refractivity (Wildman–Crippen MR) is 84.9 cm³/mol. The van der Waals surface area contributed by atoms with E-state index in [0.717, 1.165) is 12.1 Å². The minimum absolute atomic E-state index is 0.511. The van der Waals surface area contributed by atoms with Gasteiger partial charge in [-0.3, -0.25) is 4.90 Å². The lowest BCUT2D eigenvalue weighted by atomic mass is 9.74. The van der Waals surface area contributed by atoms with Crippen LogP contribution < -0.4 is 5.32 Å². The summed E-state index contributed by atoms with van der Waals surface area (Å²) in [5.41, 5.74) is 3.89. The highest BCUT2D eigenvalue weighted by atomic mass is 15.1. The first kappa shape index (κ1) is 14.6. The van der Waals surface area contributed by atoms with E-state index in [1.807, 2.05) is 12.1 Å². The van der Waals surface area contributed by atoms with Gasteiger partial charge in [0.05, 0.1) is 11.6 Å². The van der Waals surface area contributed by atoms with Gasteiger partial charge in [0, 0.05) is 19.6 Å². The Morgan fingerprint density at radius 1 is 1.33 bits per heavy atom. The molecule has 0 aromatic heterocycles. The highest BCUT2D eigenvalue weighted by molar-refractivity contribution is 5.37. The monoisotopic (exact) mass is 283 g/mol. The third-order valence-corrected chi connectivity index (χ3v) is 5.17. The molecule has 1 spiro atoms. The van der Waals surface area contributed by atoms with Crippen LogP contribution in [0.25, 0.3) is 0 Å². The first-order chi connectivity index (χ1) is 10.2. The van der Waals surface area contributed by atoms with Gasteiger partial charge in [-0.1, -0.05) is 6.07 Å². The summed E-state index contributed by atoms with van der Waals surface area (Å²) < 4.78 is 0. The van der Waals surface area contributed by atoms with Crippen molar-refractivity contribution in [3.05, 3.63) is 34.9 Å². The van der Waals surface area contributed by atoms with E-state index in [0.29, 0.717) is 5.41 Å². The van der Waals surface area contributed by atoms with Crippen LogP contribution in [0.1, 0.15) is 42.4 Å². The molecule has 0 bridgehead atoms. The second kappa shape index (κ2) is 6.17. The summed E-state index contributed by atoms with van der Waals surface area (Å²) in [4.78, 5) is 2.62. The Hall–Kier alpha value is -1.37. The Balaban J connectivity index is 1.68. The quantitative estimate of drug-likeness (QED) is 0.907. The zero-order valence-corrected chi connectivity index (χ0v) is 13.0. The molecule has 2 aliphatic heterocycles. The van der Waals surface area contributed by atoms with Crippen LogP contribution in [0.5, 0.6) is 0 Å². The molecule has 3 heteroatoms. The van der Waals surface area contributed by atoms with Gasteiger partial charge in [-0.05, 0) is 74.4 Å². The molecule has 2 saturated heterocycles. The molecule has 1 aromatic carbocycles. The Bertz CT molecular complexity index is 532. The summed E-state index contributed by atoms with van der Waals surface area (Å²) in [5, 5.41) is 12.6. The molecule has 2 fully saturated rings. The van der Waals surface area contributed by atoms with Crippen LogP contribution >= 0.6 is 0 Å². The molecule has 2 aliphatic rings. The average Bonchev–Trinajstić information content (AvgIpc) is 2.50. The summed E-state index contributed by atoms with van der Waals surface area (Å²) in [6.07, 6.45) is 5.40. The fourth-order valence-corrected chi connectivity index (χ4v) is 4.01. The number of hydrogen-bond donors (Lipinski definition) is 1. The number of rotatable bonds is 2. The number of likely N-dealkylation sites (tertiary alicyclic amines) is 1. The van der Waals surface area contributed by atoms with Crippen LogP contribution in [0.2, 0.25) is 0 Å². The molecule has 21 heavy (non-hydrogen) atoms. The molecule has 1 unspecified atom stereocenters. The maximum Gasteiger partial charge on any atom is 0.0991 e. The van der Waals surface area contributed by atoms with E-state index in [-0.39, 0.29) is 0 Å². The normalized spacial score (nSPS) is 26.7. The van der Waals surface area contributed by atoms with Crippen molar-refractivity contribution in [2.24, 2.45) is 5.41 Å². The molecule has 1 aromatic rings. The summed E-state index contributed by atoms with van der Waals surface area (Å²) in [5.74, 6) is 0. The van der Waals surface area contributed by atoms with Crippen molar-refractivity contribution in [2.75, 3.05) is 26.2 Å². The zero-order valence-electron chi connectivity index (χ0n) is 13.0. The van der Waals surface area contributed by atoms with Gasteiger partial charge in [-0.2, -0.15) is 5.26 Å². The van der Waals surface area contributed by atoms with Gasteiger partial charge in [-0.25, -0.2) is 0 Å². The standard InChI is InChI=1S/C18H25N3/c1-15-10-16(11-19)4-5-17(15)12-21-9-3-7-18(14-21)6-2-8-20-13-18/h4-5,10,20H,2-3,6-9,12-14H2,1H3. The third kappa shape index (κ3) is 3.28. The van der Waals surface area contributed by atoms with Crippen LogP contribution in [0.15, 0.2) is 18.2 Å². The minimum Gasteiger partial charge on any atom is -0.316 e. The third-order valence-electron chi connectivity index (χ3n) is 5.17. The van der Waals surface area contributed by atoms with Gasteiger partial charge in [0.25, 0.3) is 0 Å². The number of benzene rings is 1. The van der Waals surface area contributed by atoms with Gasteiger partial charge in [0.2, 0.25) is 0 Å². The van der Waals surface area contributed by atoms with Crippen LogP contribution in [-0.4, -0.2) is 31.1 Å². The van der Waals surface area contributed by atoms with Crippen molar-refractivity contribution >= 4 is 0 Å². The molecule has 0 radical (unpaired) electrons. The number of aryl methyl sites for hydroxylation is 1. The number of nitrogens with zero attached hydrogens (tertiary/aromatic N) is 2. The van der Waals surface area contributed by atoms with Crippen molar-refractivity contribution < 1.29 is 0 Å². The average molecular weight is 283 g/mol. The number of nitrogens with one attached hydrogen (secondary N) is 1. The Kier molecular flexibility index (Phi) is 4.28. The van der Waals surface area contributed by atoms with Crippen LogP contribution in [0.4, 0.5) is 0 Å². The highest BCUT2D eigenvalue weighted by Gasteiger charge is 2.36. The van der Waals surface area contributed by atoms with Crippen molar-refractivity contribution in [3.8, 4) is 6.07 Å². The number of piperidine rings is 2. The lowest BCUT2D eigenvalue weighted by molar-refractivity contribution is 0.0599. The second-order valence-electron chi connectivity index (χ2n) is 6.85. The molecule has 0 amide bonds. The summed E-state index contributed by atoms with van der Waals surface area (Å²) in [6, 6.07) is 8.32. The largest absolute Gasteiger partial charge is 0.316 e. The first-order valence-corrected chi connectivity index (χ1v) is 8.14. The Labute approximate surface area is 128 Å². The highest BCUT2D eigenvalue weighted by Crippen LogP contribution is 2.36. The fourth-order valence-electron chi connectivity index (χ4n) is 4.01. The molecule has 0 saturated carbocycles. The van der Waals surface area contributed by atoms with Crippen LogP contribution in [-0.2, 0) is 6.54 Å². The van der Waals surface area contributed by atoms with Gasteiger partial charge in [0.15, 0.2) is 0 Å². The van der Waals surface area contributed by atoms with Crippen molar-refractivity contribution in [1.29, 1.82) is 5.26 Å². The molecule has 112 valence electrons. The Morgan fingerprint density at radius 3 is 2.90 bits per heavy atom. The molecule has 1 atom stereocenters. The molecule has 3 rings (SSSR count). The predicted octanol–water partition coefficient (Wildman–Crippen LogP) is 2.83. The van der Waals surface area contributed by atoms with Crippen molar-refractivity contribution in [1.82, 2.24) is 10.2 Å². The maximum absolute atomic E-state index is 8.97.